The van der Waals surface area contributed by atoms with E-state index in [0.717, 1.165) is 12.4 Å². The molecule has 2 heterocycles. The Kier molecular flexibility index (Phi) is 4.68. The van der Waals surface area contributed by atoms with Gasteiger partial charge in [-0.1, -0.05) is 0 Å². The number of carbonyl (C=O) groups is 1. The van der Waals surface area contributed by atoms with Crippen LogP contribution in [0.1, 0.15) is 16.3 Å². The average molecular weight is 383 g/mol. The second-order valence-corrected chi connectivity index (χ2v) is 5.78. The van der Waals surface area contributed by atoms with Crippen molar-refractivity contribution in [2.75, 3.05) is 13.7 Å². The Morgan fingerprint density at radius 3 is 2.70 bits per heavy atom. The van der Waals surface area contributed by atoms with E-state index in [4.69, 9.17) is 4.74 Å². The number of alkyl halides is 3. The third kappa shape index (κ3) is 3.66. The summed E-state index contributed by atoms with van der Waals surface area (Å²) in [6.07, 6.45) is -4.73. The molecule has 0 spiro atoms. The fourth-order valence-corrected chi connectivity index (χ4v) is 2.61. The Labute approximate surface area is 150 Å². The molecule has 3 aromatic rings. The van der Waals surface area contributed by atoms with Gasteiger partial charge in [0.05, 0.1) is 13.7 Å². The molecule has 1 amide bonds. The molecule has 0 bridgehead atoms. The maximum atomic E-state index is 12.8. The van der Waals surface area contributed by atoms with Crippen LogP contribution in [0.2, 0.25) is 0 Å². The monoisotopic (exact) mass is 383 g/mol. The van der Waals surface area contributed by atoms with Crippen molar-refractivity contribution in [1.29, 1.82) is 0 Å². The van der Waals surface area contributed by atoms with Gasteiger partial charge in [-0.3, -0.25) is 9.36 Å². The Balaban J connectivity index is 1.67. The van der Waals surface area contributed by atoms with E-state index in [1.807, 2.05) is 0 Å². The second-order valence-electron chi connectivity index (χ2n) is 5.78. The molecule has 0 radical (unpaired) electrons. The highest BCUT2D eigenvalue weighted by Gasteiger charge is 2.37. The molecule has 0 aliphatic heterocycles. The Morgan fingerprint density at radius 1 is 1.33 bits per heavy atom. The number of H-pyrrole nitrogens is 1. The molecular formula is C16H16F3N5O3. The molecule has 0 atom stereocenters. The summed E-state index contributed by atoms with van der Waals surface area (Å²) in [7, 11) is 2.52. The van der Waals surface area contributed by atoms with Crippen LogP contribution in [0.15, 0.2) is 29.1 Å². The van der Waals surface area contributed by atoms with Gasteiger partial charge in [0.1, 0.15) is 11.4 Å². The molecular weight excluding hydrogens is 367 g/mol. The number of aromatic nitrogens is 4. The quantitative estimate of drug-likeness (QED) is 0.699. The molecule has 0 aliphatic carbocycles. The Bertz CT molecular complexity index is 1050. The van der Waals surface area contributed by atoms with Crippen LogP contribution in [0.5, 0.6) is 5.75 Å². The molecule has 0 saturated carbocycles. The number of halogens is 3. The lowest BCUT2D eigenvalue weighted by Crippen LogP contribution is -2.32. The fraction of sp³-hybridized carbons (Fsp3) is 0.312. The van der Waals surface area contributed by atoms with Crippen molar-refractivity contribution in [2.45, 2.75) is 12.7 Å². The summed E-state index contributed by atoms with van der Waals surface area (Å²) in [6.45, 7) is -0.256. The van der Waals surface area contributed by atoms with E-state index in [-0.39, 0.29) is 18.8 Å². The fourth-order valence-electron chi connectivity index (χ4n) is 2.61. The number of methoxy groups -OCH3 is 1. The minimum absolute atomic E-state index is 0.0638. The smallest absolute Gasteiger partial charge is 0.451 e. The zero-order chi connectivity index (χ0) is 19.8. The number of ether oxygens (including phenoxy) is 1. The number of amides is 1. The molecule has 1 aromatic carbocycles. The van der Waals surface area contributed by atoms with E-state index in [9.17, 15) is 22.8 Å². The summed E-state index contributed by atoms with van der Waals surface area (Å²) in [6, 6.07) is 6.91. The lowest BCUT2D eigenvalue weighted by atomic mass is 10.2. The van der Waals surface area contributed by atoms with Crippen LogP contribution in [0.4, 0.5) is 13.2 Å². The predicted octanol–water partition coefficient (Wildman–Crippen LogP) is 1.52. The minimum Gasteiger partial charge on any atom is -0.497 e. The molecule has 0 fully saturated rings. The molecule has 3 rings (SSSR count). The van der Waals surface area contributed by atoms with E-state index in [1.165, 1.54) is 7.11 Å². The number of fused-ring (bicyclic) bond motifs is 1. The average Bonchev–Trinajstić information content (AvgIpc) is 3.16. The number of aromatic amines is 1. The first-order chi connectivity index (χ1) is 12.7. The van der Waals surface area contributed by atoms with Gasteiger partial charge in [0, 0.05) is 30.6 Å². The molecule has 8 nitrogen and oxygen atoms in total. The normalized spacial score (nSPS) is 11.7. The van der Waals surface area contributed by atoms with E-state index in [1.54, 1.807) is 24.3 Å². The van der Waals surface area contributed by atoms with Gasteiger partial charge in [-0.25, -0.2) is 9.48 Å². The summed E-state index contributed by atoms with van der Waals surface area (Å²) >= 11 is 0. The highest BCUT2D eigenvalue weighted by molar-refractivity contribution is 5.98. The maximum absolute atomic E-state index is 12.8. The number of benzene rings is 1. The molecule has 0 aliphatic rings. The molecule has 0 saturated heterocycles. The molecule has 0 unspecified atom stereocenters. The Hall–Kier alpha value is -3.24. The first-order valence-electron chi connectivity index (χ1n) is 7.86. The van der Waals surface area contributed by atoms with E-state index in [0.29, 0.717) is 20.5 Å². The zero-order valence-corrected chi connectivity index (χ0v) is 14.4. The highest BCUT2D eigenvalue weighted by atomic mass is 19.4. The number of nitrogens with one attached hydrogen (secondary N) is 2. The van der Waals surface area contributed by atoms with Gasteiger partial charge in [-0.15, -0.1) is 5.10 Å². The summed E-state index contributed by atoms with van der Waals surface area (Å²) in [5.74, 6) is -1.11. The molecule has 144 valence electrons. The predicted molar refractivity (Wildman–Crippen MR) is 89.7 cm³/mol. The van der Waals surface area contributed by atoms with E-state index < -0.39 is 23.6 Å². The van der Waals surface area contributed by atoms with E-state index >= 15 is 0 Å². The third-order valence-electron chi connectivity index (χ3n) is 3.98. The number of rotatable bonds is 5. The van der Waals surface area contributed by atoms with Gasteiger partial charge in [-0.2, -0.15) is 13.2 Å². The number of hydrogen-bond donors (Lipinski definition) is 2. The van der Waals surface area contributed by atoms with Crippen LogP contribution in [-0.2, 0) is 19.8 Å². The zero-order valence-electron chi connectivity index (χ0n) is 14.4. The summed E-state index contributed by atoms with van der Waals surface area (Å²) in [4.78, 5) is 26.9. The lowest BCUT2D eigenvalue weighted by molar-refractivity contribution is -0.147. The van der Waals surface area contributed by atoms with Crippen LogP contribution in [0.25, 0.3) is 10.9 Å². The standard InChI is InChI=1S/C16H16F3N5O3/c1-23-14(16(17,18)19)22-24(15(23)26)6-5-20-13(25)12-7-9-3-4-10(27-2)8-11(9)21-12/h3-4,7-8,21H,5-6H2,1-2H3,(H,20,25). The van der Waals surface area contributed by atoms with Crippen molar-refractivity contribution < 1.29 is 22.7 Å². The van der Waals surface area contributed by atoms with Crippen molar-refractivity contribution >= 4 is 16.8 Å². The summed E-state index contributed by atoms with van der Waals surface area (Å²) in [5, 5.41) is 6.62. The topological polar surface area (TPSA) is 93.9 Å². The van der Waals surface area contributed by atoms with Crippen LogP contribution in [0.3, 0.4) is 0 Å². The molecule has 2 N–H and O–H groups in total. The first-order valence-corrected chi connectivity index (χ1v) is 7.86. The molecule has 2 aromatic heterocycles. The van der Waals surface area contributed by atoms with Gasteiger partial charge in [0.15, 0.2) is 0 Å². The van der Waals surface area contributed by atoms with Crippen molar-refractivity contribution in [3.8, 4) is 5.75 Å². The minimum atomic E-state index is -4.73. The van der Waals surface area contributed by atoms with Gasteiger partial charge in [0.2, 0.25) is 5.82 Å². The van der Waals surface area contributed by atoms with Crippen molar-refractivity contribution in [3.05, 3.63) is 46.3 Å². The summed E-state index contributed by atoms with van der Waals surface area (Å²) in [5.41, 5.74) is 0.0761. The Morgan fingerprint density at radius 2 is 2.07 bits per heavy atom. The first kappa shape index (κ1) is 18.5. The molecule has 11 heteroatoms. The number of hydrogen-bond acceptors (Lipinski definition) is 4. The van der Waals surface area contributed by atoms with Crippen molar-refractivity contribution in [3.63, 3.8) is 0 Å². The largest absolute Gasteiger partial charge is 0.497 e. The van der Waals surface area contributed by atoms with Crippen LogP contribution in [0, 0.1) is 0 Å². The van der Waals surface area contributed by atoms with Crippen molar-refractivity contribution in [2.24, 2.45) is 7.05 Å². The van der Waals surface area contributed by atoms with Gasteiger partial charge in [-0.05, 0) is 18.2 Å². The van der Waals surface area contributed by atoms with Gasteiger partial charge >= 0.3 is 11.9 Å². The number of nitrogens with zero attached hydrogens (tertiary/aromatic N) is 3. The SMILES string of the molecule is COc1ccc2cc(C(=O)NCCn3nc(C(F)(F)F)n(C)c3=O)[nH]c2c1. The van der Waals surface area contributed by atoms with Crippen LogP contribution < -0.4 is 15.7 Å². The van der Waals surface area contributed by atoms with Gasteiger partial charge < -0.3 is 15.0 Å². The third-order valence-corrected chi connectivity index (χ3v) is 3.98. The molecule has 27 heavy (non-hydrogen) atoms. The van der Waals surface area contributed by atoms with Crippen LogP contribution in [-0.4, -0.2) is 38.9 Å². The van der Waals surface area contributed by atoms with Gasteiger partial charge in [0.25, 0.3) is 5.91 Å². The lowest BCUT2D eigenvalue weighted by Gasteiger charge is -2.03. The van der Waals surface area contributed by atoms with E-state index in [2.05, 4.69) is 15.4 Å². The van der Waals surface area contributed by atoms with Crippen LogP contribution >= 0.6 is 0 Å². The summed E-state index contributed by atoms with van der Waals surface area (Å²) < 4.78 is 44.5. The highest BCUT2D eigenvalue weighted by Crippen LogP contribution is 2.26. The number of carbonyl (C=O) groups excluding carboxylic acids is 1. The maximum Gasteiger partial charge on any atom is 0.451 e. The second kappa shape index (κ2) is 6.82. The van der Waals surface area contributed by atoms with Crippen molar-refractivity contribution in [1.82, 2.24) is 24.6 Å².